The molecule has 2 aromatic rings. The lowest BCUT2D eigenvalue weighted by Gasteiger charge is -2.12. The van der Waals surface area contributed by atoms with Crippen molar-refractivity contribution in [3.63, 3.8) is 0 Å². The van der Waals surface area contributed by atoms with Crippen LogP contribution < -0.4 is 10.1 Å². The molecule has 0 aliphatic rings. The molecule has 0 spiro atoms. The summed E-state index contributed by atoms with van der Waals surface area (Å²) in [7, 11) is 3.66. The SMILES string of the molecule is CCCC(NC)c1ccc(-c2ccc(Cl)c(OC)c2)s1. The van der Waals surface area contributed by atoms with Crippen molar-refractivity contribution >= 4 is 22.9 Å². The average Bonchev–Trinajstić information content (AvgIpc) is 2.95. The normalized spacial score (nSPS) is 12.4. The zero-order valence-corrected chi connectivity index (χ0v) is 13.6. The molecule has 0 saturated carbocycles. The smallest absolute Gasteiger partial charge is 0.138 e. The third-order valence-electron chi connectivity index (χ3n) is 3.33. The molecule has 108 valence electrons. The van der Waals surface area contributed by atoms with Crippen LogP contribution in [0.1, 0.15) is 30.7 Å². The molecule has 2 rings (SSSR count). The molecule has 0 aliphatic carbocycles. The van der Waals surface area contributed by atoms with Gasteiger partial charge in [-0.2, -0.15) is 0 Å². The molecule has 0 saturated heterocycles. The fourth-order valence-electron chi connectivity index (χ4n) is 2.23. The monoisotopic (exact) mass is 309 g/mol. The van der Waals surface area contributed by atoms with Gasteiger partial charge in [0.15, 0.2) is 0 Å². The fraction of sp³-hybridized carbons (Fsp3) is 0.375. The van der Waals surface area contributed by atoms with Gasteiger partial charge >= 0.3 is 0 Å². The number of rotatable bonds is 6. The average molecular weight is 310 g/mol. The summed E-state index contributed by atoms with van der Waals surface area (Å²) < 4.78 is 5.28. The number of nitrogens with one attached hydrogen (secondary N) is 1. The van der Waals surface area contributed by atoms with Gasteiger partial charge in [0.05, 0.1) is 12.1 Å². The van der Waals surface area contributed by atoms with Gasteiger partial charge in [0.2, 0.25) is 0 Å². The first-order valence-electron chi connectivity index (χ1n) is 6.80. The Bertz CT molecular complexity index is 567. The minimum absolute atomic E-state index is 0.438. The maximum absolute atomic E-state index is 6.07. The fourth-order valence-corrected chi connectivity index (χ4v) is 3.57. The van der Waals surface area contributed by atoms with Crippen molar-refractivity contribution < 1.29 is 4.74 Å². The van der Waals surface area contributed by atoms with E-state index in [1.54, 1.807) is 7.11 Å². The molecule has 0 aliphatic heterocycles. The van der Waals surface area contributed by atoms with Crippen LogP contribution in [0.3, 0.4) is 0 Å². The zero-order chi connectivity index (χ0) is 14.5. The number of hydrogen-bond donors (Lipinski definition) is 1. The second-order valence-corrected chi connectivity index (χ2v) is 6.20. The van der Waals surface area contributed by atoms with E-state index in [-0.39, 0.29) is 0 Å². The molecule has 1 N–H and O–H groups in total. The molecule has 0 amide bonds. The van der Waals surface area contributed by atoms with Gasteiger partial charge < -0.3 is 10.1 Å². The first kappa shape index (κ1) is 15.4. The van der Waals surface area contributed by atoms with Crippen LogP contribution in [0.15, 0.2) is 30.3 Å². The maximum Gasteiger partial charge on any atom is 0.138 e. The van der Waals surface area contributed by atoms with Crippen LogP contribution in [0.5, 0.6) is 5.75 Å². The molecule has 20 heavy (non-hydrogen) atoms. The van der Waals surface area contributed by atoms with Crippen LogP contribution in [0.2, 0.25) is 5.02 Å². The summed E-state index contributed by atoms with van der Waals surface area (Å²) in [6.45, 7) is 2.21. The molecule has 0 bridgehead atoms. The molecule has 1 unspecified atom stereocenters. The molecule has 2 nitrogen and oxygen atoms in total. The lowest BCUT2D eigenvalue weighted by molar-refractivity contribution is 0.415. The van der Waals surface area contributed by atoms with Gasteiger partial charge in [0.25, 0.3) is 0 Å². The Kier molecular flexibility index (Phi) is 5.46. The highest BCUT2D eigenvalue weighted by Gasteiger charge is 2.12. The van der Waals surface area contributed by atoms with Gasteiger partial charge in [0.1, 0.15) is 5.75 Å². The van der Waals surface area contributed by atoms with Crippen molar-refractivity contribution in [3.05, 3.63) is 40.2 Å². The molecule has 1 aromatic heterocycles. The second kappa shape index (κ2) is 7.11. The Morgan fingerprint density at radius 1 is 1.30 bits per heavy atom. The van der Waals surface area contributed by atoms with Crippen molar-refractivity contribution in [2.24, 2.45) is 0 Å². The van der Waals surface area contributed by atoms with Gasteiger partial charge in [0, 0.05) is 15.8 Å². The van der Waals surface area contributed by atoms with Crippen molar-refractivity contribution in [2.75, 3.05) is 14.2 Å². The standard InChI is InChI=1S/C16H20ClNOS/c1-4-5-13(18-2)16-9-8-15(20-16)11-6-7-12(17)14(10-11)19-3/h6-10,13,18H,4-5H2,1-3H3. The molecular weight excluding hydrogens is 290 g/mol. The van der Waals surface area contributed by atoms with E-state index in [0.717, 1.165) is 17.7 Å². The largest absolute Gasteiger partial charge is 0.495 e. The van der Waals surface area contributed by atoms with Crippen LogP contribution in [-0.4, -0.2) is 14.2 Å². The number of methoxy groups -OCH3 is 1. The summed E-state index contributed by atoms with van der Waals surface area (Å²) >= 11 is 7.89. The van der Waals surface area contributed by atoms with Crippen LogP contribution >= 0.6 is 22.9 Å². The van der Waals surface area contributed by atoms with Crippen molar-refractivity contribution in [3.8, 4) is 16.2 Å². The third-order valence-corrected chi connectivity index (χ3v) is 4.89. The number of thiophene rings is 1. The number of benzene rings is 1. The summed E-state index contributed by atoms with van der Waals surface area (Å²) in [5.41, 5.74) is 1.15. The van der Waals surface area contributed by atoms with Crippen LogP contribution in [0.25, 0.3) is 10.4 Å². The van der Waals surface area contributed by atoms with Gasteiger partial charge in [-0.05, 0) is 43.3 Å². The quantitative estimate of drug-likeness (QED) is 0.798. The first-order chi connectivity index (χ1) is 9.69. The number of ether oxygens (including phenoxy) is 1. The van der Waals surface area contributed by atoms with E-state index in [1.807, 2.05) is 36.6 Å². The van der Waals surface area contributed by atoms with Crippen molar-refractivity contribution in [1.29, 1.82) is 0 Å². The third kappa shape index (κ3) is 3.35. The summed E-state index contributed by atoms with van der Waals surface area (Å²) in [6.07, 6.45) is 2.33. The van der Waals surface area contributed by atoms with E-state index in [9.17, 15) is 0 Å². The van der Waals surface area contributed by atoms with Gasteiger partial charge in [-0.3, -0.25) is 0 Å². The topological polar surface area (TPSA) is 21.3 Å². The van der Waals surface area contributed by atoms with E-state index < -0.39 is 0 Å². The van der Waals surface area contributed by atoms with Crippen molar-refractivity contribution in [1.82, 2.24) is 5.32 Å². The molecule has 0 fully saturated rings. The summed E-state index contributed by atoms with van der Waals surface area (Å²) in [5.74, 6) is 0.720. The highest BCUT2D eigenvalue weighted by molar-refractivity contribution is 7.15. The van der Waals surface area contributed by atoms with Crippen LogP contribution in [0, 0.1) is 0 Å². The molecule has 0 radical (unpaired) electrons. The van der Waals surface area contributed by atoms with Gasteiger partial charge in [-0.25, -0.2) is 0 Å². The van der Waals surface area contributed by atoms with E-state index in [1.165, 1.54) is 16.2 Å². The lowest BCUT2D eigenvalue weighted by atomic mass is 10.1. The number of hydrogen-bond acceptors (Lipinski definition) is 3. The Morgan fingerprint density at radius 2 is 2.10 bits per heavy atom. The Balaban J connectivity index is 2.28. The highest BCUT2D eigenvalue weighted by atomic mass is 35.5. The number of halogens is 1. The predicted octanol–water partition coefficient (Wildman–Crippen LogP) is 5.14. The zero-order valence-electron chi connectivity index (χ0n) is 12.1. The molecule has 1 heterocycles. The van der Waals surface area contributed by atoms with Gasteiger partial charge in [-0.15, -0.1) is 11.3 Å². The highest BCUT2D eigenvalue weighted by Crippen LogP contribution is 2.36. The summed E-state index contributed by atoms with van der Waals surface area (Å²) in [5, 5.41) is 4.03. The first-order valence-corrected chi connectivity index (χ1v) is 8.00. The van der Waals surface area contributed by atoms with Crippen LogP contribution in [-0.2, 0) is 0 Å². The van der Waals surface area contributed by atoms with Gasteiger partial charge in [-0.1, -0.05) is 31.0 Å². The summed E-state index contributed by atoms with van der Waals surface area (Å²) in [6, 6.07) is 10.7. The Hall–Kier alpha value is -1.03. The minimum Gasteiger partial charge on any atom is -0.495 e. The molecule has 1 atom stereocenters. The van der Waals surface area contributed by atoms with E-state index in [0.29, 0.717) is 11.1 Å². The van der Waals surface area contributed by atoms with Crippen LogP contribution in [0.4, 0.5) is 0 Å². The second-order valence-electron chi connectivity index (χ2n) is 4.68. The minimum atomic E-state index is 0.438. The van der Waals surface area contributed by atoms with Crippen molar-refractivity contribution in [2.45, 2.75) is 25.8 Å². The van der Waals surface area contributed by atoms with E-state index in [2.05, 4.69) is 24.4 Å². The maximum atomic E-state index is 6.07. The van der Waals surface area contributed by atoms with E-state index in [4.69, 9.17) is 16.3 Å². The lowest BCUT2D eigenvalue weighted by Crippen LogP contribution is -2.14. The Morgan fingerprint density at radius 3 is 2.75 bits per heavy atom. The summed E-state index contributed by atoms with van der Waals surface area (Å²) in [4.78, 5) is 2.62. The molecule has 1 aromatic carbocycles. The molecular formula is C16H20ClNOS. The van der Waals surface area contributed by atoms with E-state index >= 15 is 0 Å². The Labute approximate surface area is 129 Å². The molecule has 4 heteroatoms. The predicted molar refractivity (Wildman–Crippen MR) is 88.0 cm³/mol.